The Hall–Kier alpha value is -4.81. The molecule has 0 bridgehead atoms. The molecule has 0 aliphatic carbocycles. The van der Waals surface area contributed by atoms with Crippen molar-refractivity contribution >= 4 is 45.4 Å². The summed E-state index contributed by atoms with van der Waals surface area (Å²) in [6, 6.07) is 8.34. The zero-order valence-corrected chi connectivity index (χ0v) is 20.4. The Morgan fingerprint density at radius 2 is 1.42 bits per heavy atom. The summed E-state index contributed by atoms with van der Waals surface area (Å²) in [7, 11) is 1.57. The number of fused-ring (bicyclic) bond motifs is 1. The molecule has 1 aromatic heterocycles. The zero-order valence-electron chi connectivity index (χ0n) is 20.4. The number of non-ortho nitro benzene ring substituents is 2. The number of nitrogens with zero attached hydrogens (tertiary/aromatic N) is 4. The molecule has 3 aromatic rings. The molecule has 0 spiro atoms. The maximum absolute atomic E-state index is 14.8. The van der Waals surface area contributed by atoms with Gasteiger partial charge in [0.2, 0.25) is 0 Å². The van der Waals surface area contributed by atoms with E-state index < -0.39 is 61.6 Å². The van der Waals surface area contributed by atoms with E-state index in [2.05, 4.69) is 0 Å². The second-order valence-corrected chi connectivity index (χ2v) is 8.83. The Morgan fingerprint density at radius 1 is 0.895 bits per heavy atom. The molecule has 2 heterocycles. The molecular formula is C25H19F3N4O6. The van der Waals surface area contributed by atoms with Crippen molar-refractivity contribution in [1.29, 1.82) is 0 Å². The molecular weight excluding hydrogens is 509 g/mol. The van der Waals surface area contributed by atoms with Crippen LogP contribution in [0.2, 0.25) is 0 Å². The molecule has 38 heavy (non-hydrogen) atoms. The van der Waals surface area contributed by atoms with Gasteiger partial charge >= 0.3 is 6.18 Å². The van der Waals surface area contributed by atoms with Crippen LogP contribution in [-0.2, 0) is 16.6 Å². The summed E-state index contributed by atoms with van der Waals surface area (Å²) in [6.07, 6.45) is -5.11. The highest BCUT2D eigenvalue weighted by atomic mass is 19.4. The minimum Gasteiger partial charge on any atom is -0.347 e. The van der Waals surface area contributed by atoms with Gasteiger partial charge in [-0.1, -0.05) is 23.8 Å². The highest BCUT2D eigenvalue weighted by Crippen LogP contribution is 2.47. The quantitative estimate of drug-likeness (QED) is 0.190. The van der Waals surface area contributed by atoms with Gasteiger partial charge in [0.15, 0.2) is 0 Å². The van der Waals surface area contributed by atoms with Gasteiger partial charge in [0, 0.05) is 41.3 Å². The lowest BCUT2D eigenvalue weighted by Gasteiger charge is -2.17. The third kappa shape index (κ3) is 4.01. The molecule has 2 aromatic carbocycles. The average Bonchev–Trinajstić information content (AvgIpc) is 3.23. The predicted molar refractivity (Wildman–Crippen MR) is 131 cm³/mol. The van der Waals surface area contributed by atoms with E-state index >= 15 is 0 Å². The van der Waals surface area contributed by atoms with Crippen molar-refractivity contribution in [2.24, 2.45) is 7.05 Å². The number of carbonyl (C=O) groups is 2. The van der Waals surface area contributed by atoms with Gasteiger partial charge in [-0.15, -0.1) is 0 Å². The number of hydrogen-bond donors (Lipinski definition) is 0. The molecule has 0 radical (unpaired) electrons. The molecule has 0 saturated carbocycles. The first-order valence-electron chi connectivity index (χ1n) is 11.0. The number of allylic oxidation sites excluding steroid dienone is 2. The SMILES string of the molecule is CC(C)=C1C(=O)N(c2cc([N+](=O)[O-])cc([N+](=O)[O-])c2)C(=O)/C1=C(/c1c(C)n(C)c2ccccc12)C(F)(F)F. The standard InChI is InChI=1S/C25H19F3N4O6/c1-12(2)19-21(22(25(26,27)28)20-13(3)29(4)18-8-6-5-7-17(18)20)24(34)30(23(19)33)14-9-15(31(35)36)11-16(10-14)32(37)38/h5-11H,1-4H3/b22-21-. The molecule has 0 atom stereocenters. The molecule has 0 unspecified atom stereocenters. The highest BCUT2D eigenvalue weighted by Gasteiger charge is 2.50. The molecule has 1 aliphatic heterocycles. The van der Waals surface area contributed by atoms with Crippen molar-refractivity contribution in [3.8, 4) is 0 Å². The summed E-state index contributed by atoms with van der Waals surface area (Å²) in [4.78, 5) is 48.2. The van der Waals surface area contributed by atoms with Crippen molar-refractivity contribution in [2.45, 2.75) is 26.9 Å². The number of nitro benzene ring substituents is 2. The van der Waals surface area contributed by atoms with Crippen LogP contribution in [0.1, 0.15) is 25.1 Å². The van der Waals surface area contributed by atoms with Crippen molar-refractivity contribution in [3.05, 3.63) is 90.7 Å². The number of anilines is 1. The van der Waals surface area contributed by atoms with Gasteiger partial charge in [-0.25, -0.2) is 4.90 Å². The van der Waals surface area contributed by atoms with Crippen LogP contribution in [0.15, 0.2) is 59.2 Å². The van der Waals surface area contributed by atoms with Crippen LogP contribution < -0.4 is 4.90 Å². The summed E-state index contributed by atoms with van der Waals surface area (Å²) >= 11 is 0. The highest BCUT2D eigenvalue weighted by molar-refractivity contribution is 6.39. The van der Waals surface area contributed by atoms with Gasteiger partial charge in [0.1, 0.15) is 0 Å². The lowest BCUT2D eigenvalue weighted by atomic mass is 9.91. The first kappa shape index (κ1) is 26.3. The fraction of sp³-hybridized carbons (Fsp3) is 0.200. The van der Waals surface area contributed by atoms with E-state index in [1.807, 2.05) is 0 Å². The fourth-order valence-corrected chi connectivity index (χ4v) is 4.62. The number of imide groups is 1. The summed E-state index contributed by atoms with van der Waals surface area (Å²) in [5.41, 5.74) is -4.60. The largest absolute Gasteiger partial charge is 0.417 e. The van der Waals surface area contributed by atoms with Crippen LogP contribution in [0.4, 0.5) is 30.2 Å². The normalized spacial score (nSPS) is 15.4. The van der Waals surface area contributed by atoms with Crippen molar-refractivity contribution in [1.82, 2.24) is 4.57 Å². The van der Waals surface area contributed by atoms with Crippen LogP contribution in [0.25, 0.3) is 16.5 Å². The zero-order chi connectivity index (χ0) is 28.3. The fourth-order valence-electron chi connectivity index (χ4n) is 4.62. The predicted octanol–water partition coefficient (Wildman–Crippen LogP) is 5.53. The van der Waals surface area contributed by atoms with Crippen LogP contribution in [-0.4, -0.2) is 32.4 Å². The molecule has 2 amide bonds. The number of rotatable bonds is 4. The number of alkyl halides is 3. The topological polar surface area (TPSA) is 129 Å². The minimum atomic E-state index is -5.11. The van der Waals surface area contributed by atoms with E-state index in [1.165, 1.54) is 31.4 Å². The molecule has 196 valence electrons. The third-order valence-corrected chi connectivity index (χ3v) is 6.33. The Morgan fingerprint density at radius 3 is 1.92 bits per heavy atom. The molecule has 1 fully saturated rings. The maximum atomic E-state index is 14.8. The van der Waals surface area contributed by atoms with E-state index in [4.69, 9.17) is 0 Å². The van der Waals surface area contributed by atoms with E-state index in [1.54, 1.807) is 25.2 Å². The second kappa shape index (κ2) is 8.94. The number of carbonyl (C=O) groups excluding carboxylic acids is 2. The average molecular weight is 528 g/mol. The van der Waals surface area contributed by atoms with E-state index in [9.17, 15) is 43.0 Å². The molecule has 10 nitrogen and oxygen atoms in total. The van der Waals surface area contributed by atoms with E-state index in [0.717, 1.165) is 12.1 Å². The van der Waals surface area contributed by atoms with Crippen LogP contribution in [0, 0.1) is 27.2 Å². The Balaban J connectivity index is 2.12. The lowest BCUT2D eigenvalue weighted by molar-refractivity contribution is -0.394. The van der Waals surface area contributed by atoms with Gasteiger partial charge in [-0.05, 0) is 26.8 Å². The van der Waals surface area contributed by atoms with Crippen LogP contribution in [0.5, 0.6) is 0 Å². The number of amides is 2. The number of para-hydroxylation sites is 1. The first-order chi connectivity index (χ1) is 17.7. The Kier molecular flexibility index (Phi) is 6.18. The Bertz CT molecular complexity index is 1610. The molecule has 13 heteroatoms. The number of hydrogen-bond acceptors (Lipinski definition) is 6. The number of halogens is 3. The lowest BCUT2D eigenvalue weighted by Crippen LogP contribution is -2.30. The molecule has 4 rings (SSSR count). The smallest absolute Gasteiger partial charge is 0.347 e. The molecule has 0 N–H and O–H groups in total. The van der Waals surface area contributed by atoms with Crippen molar-refractivity contribution in [3.63, 3.8) is 0 Å². The number of aryl methyl sites for hydroxylation is 1. The molecule has 1 saturated heterocycles. The first-order valence-corrected chi connectivity index (χ1v) is 11.0. The van der Waals surface area contributed by atoms with E-state index in [-0.39, 0.29) is 22.2 Å². The number of benzene rings is 2. The number of nitro groups is 2. The van der Waals surface area contributed by atoms with Crippen molar-refractivity contribution in [2.75, 3.05) is 4.90 Å². The van der Waals surface area contributed by atoms with Gasteiger partial charge in [-0.2, -0.15) is 13.2 Å². The summed E-state index contributed by atoms with van der Waals surface area (Å²) in [5.74, 6) is -2.58. The minimum absolute atomic E-state index is 0.0837. The maximum Gasteiger partial charge on any atom is 0.417 e. The number of aromatic nitrogens is 1. The van der Waals surface area contributed by atoms with Gasteiger partial charge in [0.25, 0.3) is 23.2 Å². The summed E-state index contributed by atoms with van der Waals surface area (Å²) in [5, 5.41) is 22.9. The summed E-state index contributed by atoms with van der Waals surface area (Å²) < 4.78 is 46.0. The molecule has 1 aliphatic rings. The van der Waals surface area contributed by atoms with Gasteiger partial charge < -0.3 is 4.57 Å². The monoisotopic (exact) mass is 528 g/mol. The second-order valence-electron chi connectivity index (χ2n) is 8.83. The third-order valence-electron chi connectivity index (χ3n) is 6.33. The summed E-state index contributed by atoms with van der Waals surface area (Å²) in [6.45, 7) is 4.15. The van der Waals surface area contributed by atoms with E-state index in [0.29, 0.717) is 16.5 Å². The van der Waals surface area contributed by atoms with Crippen molar-refractivity contribution < 1.29 is 32.6 Å². The Labute approximate surface area is 212 Å². The van der Waals surface area contributed by atoms with Crippen LogP contribution >= 0.6 is 0 Å². The van der Waals surface area contributed by atoms with Crippen LogP contribution in [0.3, 0.4) is 0 Å². The van der Waals surface area contributed by atoms with Gasteiger partial charge in [0.05, 0.1) is 38.3 Å². The van der Waals surface area contributed by atoms with Gasteiger partial charge in [-0.3, -0.25) is 29.8 Å².